The normalized spacial score (nSPS) is 12.5. The Labute approximate surface area is 128 Å². The summed E-state index contributed by atoms with van der Waals surface area (Å²) in [6.45, 7) is 5.51. The van der Waals surface area contributed by atoms with E-state index >= 15 is 0 Å². The molecule has 102 valence electrons. The molecule has 1 atom stereocenters. The van der Waals surface area contributed by atoms with E-state index in [-0.39, 0.29) is 18.4 Å². The van der Waals surface area contributed by atoms with Crippen LogP contribution in [0.25, 0.3) is 0 Å². The quantitative estimate of drug-likeness (QED) is 0.645. The van der Waals surface area contributed by atoms with Crippen LogP contribution < -0.4 is 5.73 Å². The van der Waals surface area contributed by atoms with Crippen LogP contribution >= 0.6 is 35.0 Å². The van der Waals surface area contributed by atoms with Crippen LogP contribution in [0.4, 0.5) is 0 Å². The fraction of sp³-hybridized carbons (Fsp3) is 0.462. The molecule has 0 spiro atoms. The van der Waals surface area contributed by atoms with Crippen molar-refractivity contribution in [1.82, 2.24) is 0 Å². The predicted molar refractivity (Wildman–Crippen MR) is 83.9 cm³/mol. The third-order valence-electron chi connectivity index (χ3n) is 2.08. The van der Waals surface area contributed by atoms with E-state index in [1.54, 1.807) is 0 Å². The van der Waals surface area contributed by atoms with Crippen molar-refractivity contribution in [2.45, 2.75) is 38.8 Å². The topological polar surface area (TPSA) is 52.3 Å². The minimum atomic E-state index is -0.603. The number of esters is 1. The van der Waals surface area contributed by atoms with Crippen LogP contribution in [0.2, 0.25) is 0 Å². The maximum absolute atomic E-state index is 11.7. The first-order chi connectivity index (χ1) is 7.78. The molecule has 0 fully saturated rings. The number of hydrogen-bond acceptors (Lipinski definition) is 3. The van der Waals surface area contributed by atoms with Gasteiger partial charge in [-0.3, -0.25) is 4.79 Å². The summed E-state index contributed by atoms with van der Waals surface area (Å²) in [5.74, 6) is -0.351. The molecule has 0 aliphatic rings. The molecular formula is C13H19ClINO2. The average molecular weight is 384 g/mol. The molecular weight excluding hydrogens is 365 g/mol. The Morgan fingerprint density at radius 3 is 2.28 bits per heavy atom. The number of benzene rings is 1. The van der Waals surface area contributed by atoms with Gasteiger partial charge in [-0.1, -0.05) is 12.1 Å². The second-order valence-electron chi connectivity index (χ2n) is 4.97. The number of nitrogens with two attached hydrogens (primary N) is 1. The summed E-state index contributed by atoms with van der Waals surface area (Å²) in [6, 6.07) is 7.35. The van der Waals surface area contributed by atoms with Gasteiger partial charge in [-0.2, -0.15) is 0 Å². The summed E-state index contributed by atoms with van der Waals surface area (Å²) in [5, 5.41) is 0. The Morgan fingerprint density at radius 1 is 1.33 bits per heavy atom. The Kier molecular flexibility index (Phi) is 7.17. The Morgan fingerprint density at radius 2 is 1.83 bits per heavy atom. The highest BCUT2D eigenvalue weighted by atomic mass is 127. The maximum Gasteiger partial charge on any atom is 0.323 e. The molecule has 1 unspecified atom stereocenters. The largest absolute Gasteiger partial charge is 0.459 e. The zero-order chi connectivity index (χ0) is 13.1. The van der Waals surface area contributed by atoms with Crippen LogP contribution in [-0.4, -0.2) is 17.6 Å². The lowest BCUT2D eigenvalue weighted by atomic mass is 10.1. The Balaban J connectivity index is 0.00000289. The maximum atomic E-state index is 11.7. The zero-order valence-corrected chi connectivity index (χ0v) is 13.7. The number of halogens is 2. The molecule has 0 radical (unpaired) electrons. The number of carbonyl (C=O) groups is 1. The first kappa shape index (κ1) is 17.7. The highest BCUT2D eigenvalue weighted by molar-refractivity contribution is 14.1. The van der Waals surface area contributed by atoms with Crippen molar-refractivity contribution >= 4 is 41.0 Å². The average Bonchev–Trinajstić information content (AvgIpc) is 2.19. The van der Waals surface area contributed by atoms with Crippen molar-refractivity contribution in [1.29, 1.82) is 0 Å². The second-order valence-corrected chi connectivity index (χ2v) is 6.22. The van der Waals surface area contributed by atoms with E-state index in [1.807, 2.05) is 45.0 Å². The lowest BCUT2D eigenvalue weighted by molar-refractivity contribution is -0.156. The minimum Gasteiger partial charge on any atom is -0.459 e. The molecule has 2 N–H and O–H groups in total. The van der Waals surface area contributed by atoms with Gasteiger partial charge in [0.2, 0.25) is 0 Å². The van der Waals surface area contributed by atoms with Gasteiger partial charge in [-0.05, 0) is 67.5 Å². The van der Waals surface area contributed by atoms with Gasteiger partial charge in [0.15, 0.2) is 0 Å². The van der Waals surface area contributed by atoms with Gasteiger partial charge in [-0.25, -0.2) is 0 Å². The SMILES string of the molecule is CC(C)(C)OC(=O)C(N)Cc1ccc(I)cc1.Cl. The van der Waals surface area contributed by atoms with Gasteiger partial charge in [0.05, 0.1) is 0 Å². The molecule has 18 heavy (non-hydrogen) atoms. The van der Waals surface area contributed by atoms with E-state index < -0.39 is 11.6 Å². The van der Waals surface area contributed by atoms with Crippen LogP contribution in [0.15, 0.2) is 24.3 Å². The monoisotopic (exact) mass is 383 g/mol. The van der Waals surface area contributed by atoms with Crippen LogP contribution in [-0.2, 0) is 16.0 Å². The van der Waals surface area contributed by atoms with Crippen LogP contribution in [0.1, 0.15) is 26.3 Å². The first-order valence-corrected chi connectivity index (χ1v) is 6.59. The molecule has 0 aliphatic heterocycles. The molecule has 1 aromatic rings. The first-order valence-electron chi connectivity index (χ1n) is 5.51. The molecule has 5 heteroatoms. The molecule has 0 aromatic heterocycles. The molecule has 0 aliphatic carbocycles. The molecule has 0 saturated carbocycles. The van der Waals surface area contributed by atoms with Crippen LogP contribution in [0.5, 0.6) is 0 Å². The van der Waals surface area contributed by atoms with Gasteiger partial charge in [0.1, 0.15) is 11.6 Å². The van der Waals surface area contributed by atoms with E-state index in [0.29, 0.717) is 6.42 Å². The molecule has 0 bridgehead atoms. The molecule has 0 heterocycles. The lowest BCUT2D eigenvalue weighted by Gasteiger charge is -2.22. The van der Waals surface area contributed by atoms with E-state index in [1.165, 1.54) is 0 Å². The lowest BCUT2D eigenvalue weighted by Crippen LogP contribution is -2.38. The highest BCUT2D eigenvalue weighted by Gasteiger charge is 2.22. The Hall–Kier alpha value is -0.330. The Bertz CT molecular complexity index is 387. The van der Waals surface area contributed by atoms with Crippen molar-refractivity contribution in [3.63, 3.8) is 0 Å². The molecule has 1 rings (SSSR count). The van der Waals surface area contributed by atoms with Crippen LogP contribution in [0.3, 0.4) is 0 Å². The van der Waals surface area contributed by atoms with Crippen molar-refractivity contribution in [3.8, 4) is 0 Å². The summed E-state index contributed by atoms with van der Waals surface area (Å²) < 4.78 is 6.39. The predicted octanol–water partition coefficient (Wildman–Crippen LogP) is 2.92. The third-order valence-corrected chi connectivity index (χ3v) is 2.80. The van der Waals surface area contributed by atoms with E-state index in [2.05, 4.69) is 22.6 Å². The smallest absolute Gasteiger partial charge is 0.323 e. The van der Waals surface area contributed by atoms with E-state index in [4.69, 9.17) is 10.5 Å². The molecule has 0 saturated heterocycles. The van der Waals surface area contributed by atoms with Gasteiger partial charge in [-0.15, -0.1) is 12.4 Å². The highest BCUT2D eigenvalue weighted by Crippen LogP contribution is 2.11. The van der Waals surface area contributed by atoms with Crippen molar-refractivity contribution in [3.05, 3.63) is 33.4 Å². The number of rotatable bonds is 3. The molecule has 1 aromatic carbocycles. The van der Waals surface area contributed by atoms with E-state index in [0.717, 1.165) is 9.13 Å². The third kappa shape index (κ3) is 6.56. The number of carbonyl (C=O) groups excluding carboxylic acids is 1. The summed E-state index contributed by atoms with van der Waals surface area (Å²) >= 11 is 2.24. The number of hydrogen-bond donors (Lipinski definition) is 1. The van der Waals surface area contributed by atoms with Gasteiger partial charge >= 0.3 is 5.97 Å². The summed E-state index contributed by atoms with van der Waals surface area (Å²) in [4.78, 5) is 11.7. The molecule has 0 amide bonds. The minimum absolute atomic E-state index is 0. The van der Waals surface area contributed by atoms with Gasteiger partial charge in [0, 0.05) is 3.57 Å². The second kappa shape index (κ2) is 7.31. The van der Waals surface area contributed by atoms with E-state index in [9.17, 15) is 4.79 Å². The van der Waals surface area contributed by atoms with Crippen molar-refractivity contribution in [2.24, 2.45) is 5.73 Å². The summed E-state index contributed by atoms with van der Waals surface area (Å²) in [5.41, 5.74) is 6.38. The van der Waals surface area contributed by atoms with Crippen molar-refractivity contribution < 1.29 is 9.53 Å². The molecule has 3 nitrogen and oxygen atoms in total. The van der Waals surface area contributed by atoms with Gasteiger partial charge in [0.25, 0.3) is 0 Å². The number of ether oxygens (including phenoxy) is 1. The summed E-state index contributed by atoms with van der Waals surface area (Å²) in [6.07, 6.45) is 0.506. The summed E-state index contributed by atoms with van der Waals surface area (Å²) in [7, 11) is 0. The van der Waals surface area contributed by atoms with Crippen molar-refractivity contribution in [2.75, 3.05) is 0 Å². The standard InChI is InChI=1S/C13H18INO2.ClH/c1-13(2,3)17-12(16)11(15)8-9-4-6-10(14)7-5-9;/h4-7,11H,8,15H2,1-3H3;1H. The van der Waals surface area contributed by atoms with Crippen LogP contribution in [0, 0.1) is 3.57 Å². The fourth-order valence-electron chi connectivity index (χ4n) is 1.34. The fourth-order valence-corrected chi connectivity index (χ4v) is 1.69. The zero-order valence-electron chi connectivity index (χ0n) is 10.8. The van der Waals surface area contributed by atoms with Gasteiger partial charge < -0.3 is 10.5 Å².